The van der Waals surface area contributed by atoms with Crippen LogP contribution in [0.5, 0.6) is 0 Å². The predicted octanol–water partition coefficient (Wildman–Crippen LogP) is 4.25. The molecule has 1 saturated heterocycles. The third kappa shape index (κ3) is 2.86. The van der Waals surface area contributed by atoms with Gasteiger partial charge in [-0.1, -0.05) is 6.42 Å². The summed E-state index contributed by atoms with van der Waals surface area (Å²) in [6.07, 6.45) is 10.3. The molecule has 0 unspecified atom stereocenters. The van der Waals surface area contributed by atoms with Gasteiger partial charge in [0.25, 0.3) is 5.91 Å². The molecule has 26 heavy (non-hydrogen) atoms. The van der Waals surface area contributed by atoms with Crippen molar-refractivity contribution >= 4 is 27.5 Å². The highest BCUT2D eigenvalue weighted by atomic mass is 32.1. The minimum absolute atomic E-state index is 0.121. The number of aromatic nitrogens is 3. The van der Waals surface area contributed by atoms with E-state index in [4.69, 9.17) is 0 Å². The zero-order valence-corrected chi connectivity index (χ0v) is 15.7. The quantitative estimate of drug-likeness (QED) is 0.749. The van der Waals surface area contributed by atoms with Gasteiger partial charge in [-0.2, -0.15) is 0 Å². The van der Waals surface area contributed by atoms with Crippen molar-refractivity contribution in [2.45, 2.75) is 44.6 Å². The van der Waals surface area contributed by atoms with Crippen LogP contribution in [0.4, 0.5) is 0 Å². The van der Waals surface area contributed by atoms with Gasteiger partial charge in [-0.3, -0.25) is 4.79 Å². The first kappa shape index (κ1) is 16.1. The maximum atomic E-state index is 13.0. The number of nitrogens with zero attached hydrogens (tertiary/aromatic N) is 3. The van der Waals surface area contributed by atoms with Crippen LogP contribution < -0.4 is 0 Å². The van der Waals surface area contributed by atoms with Crippen LogP contribution in [0.2, 0.25) is 0 Å². The summed E-state index contributed by atoms with van der Waals surface area (Å²) in [6.45, 7) is 2.70. The van der Waals surface area contributed by atoms with E-state index in [1.165, 1.54) is 25.1 Å². The van der Waals surface area contributed by atoms with E-state index in [0.717, 1.165) is 48.6 Å². The number of amides is 1. The van der Waals surface area contributed by atoms with E-state index in [-0.39, 0.29) is 5.91 Å². The second kappa shape index (κ2) is 6.58. The Labute approximate surface area is 157 Å². The summed E-state index contributed by atoms with van der Waals surface area (Å²) in [4.78, 5) is 22.9. The van der Waals surface area contributed by atoms with Crippen LogP contribution >= 0.6 is 11.3 Å². The molecule has 6 heteroatoms. The number of hydrogen-bond acceptors (Lipinski definition) is 3. The summed E-state index contributed by atoms with van der Waals surface area (Å²) in [6, 6.07) is 4.02. The Morgan fingerprint density at radius 1 is 1.31 bits per heavy atom. The molecule has 2 fully saturated rings. The highest BCUT2D eigenvalue weighted by Gasteiger charge is 2.29. The molecule has 5 nitrogen and oxygen atoms in total. The summed E-state index contributed by atoms with van der Waals surface area (Å²) < 4.78 is 3.49. The first-order valence-corrected chi connectivity index (χ1v) is 10.5. The van der Waals surface area contributed by atoms with Gasteiger partial charge < -0.3 is 14.5 Å². The highest BCUT2D eigenvalue weighted by Crippen LogP contribution is 2.31. The fourth-order valence-corrected chi connectivity index (χ4v) is 5.08. The molecule has 0 radical (unpaired) electrons. The summed E-state index contributed by atoms with van der Waals surface area (Å²) in [5.41, 5.74) is 1.77. The molecule has 1 aliphatic heterocycles. The van der Waals surface area contributed by atoms with Crippen LogP contribution in [0.3, 0.4) is 0 Å². The zero-order chi connectivity index (χ0) is 17.5. The van der Waals surface area contributed by atoms with Gasteiger partial charge in [-0.05, 0) is 49.1 Å². The topological polar surface area (TPSA) is 53.9 Å². The molecule has 136 valence electrons. The first-order chi connectivity index (χ1) is 12.8. The number of likely N-dealkylation sites (tertiary alicyclic amines) is 1. The lowest BCUT2D eigenvalue weighted by Crippen LogP contribution is -2.40. The third-order valence-corrected chi connectivity index (χ3v) is 6.84. The fourth-order valence-electron chi connectivity index (χ4n) is 4.29. The van der Waals surface area contributed by atoms with E-state index in [2.05, 4.69) is 20.7 Å². The Balaban J connectivity index is 1.32. The van der Waals surface area contributed by atoms with Crippen molar-refractivity contribution in [2.75, 3.05) is 13.1 Å². The molecule has 2 aliphatic rings. The number of fused-ring (bicyclic) bond motifs is 1. The average Bonchev–Trinajstić information content (AvgIpc) is 3.33. The van der Waals surface area contributed by atoms with Gasteiger partial charge >= 0.3 is 0 Å². The molecular formula is C20H24N4OS. The van der Waals surface area contributed by atoms with Crippen LogP contribution in [0.15, 0.2) is 29.9 Å². The Kier molecular flexibility index (Phi) is 4.08. The van der Waals surface area contributed by atoms with Gasteiger partial charge in [-0.15, -0.1) is 11.3 Å². The molecule has 0 bridgehead atoms. The molecule has 1 aliphatic carbocycles. The van der Waals surface area contributed by atoms with E-state index in [1.54, 1.807) is 11.3 Å². The maximum Gasteiger partial charge on any atom is 0.270 e. The smallest absolute Gasteiger partial charge is 0.270 e. The maximum absolute atomic E-state index is 13.0. The van der Waals surface area contributed by atoms with E-state index >= 15 is 0 Å². The van der Waals surface area contributed by atoms with E-state index < -0.39 is 0 Å². The number of hydrogen-bond donors (Lipinski definition) is 1. The van der Waals surface area contributed by atoms with Gasteiger partial charge in [-0.25, -0.2) is 4.98 Å². The van der Waals surface area contributed by atoms with Crippen LogP contribution in [-0.4, -0.2) is 38.4 Å². The molecule has 3 aromatic rings. The normalized spacial score (nSPS) is 21.2. The van der Waals surface area contributed by atoms with Gasteiger partial charge in [0.1, 0.15) is 11.5 Å². The molecule has 0 spiro atoms. The van der Waals surface area contributed by atoms with Crippen molar-refractivity contribution < 1.29 is 4.79 Å². The number of rotatable bonds is 4. The SMILES string of the molecule is O=C(c1cc2sccc2[nH]1)N1CCC[C@@H](c2nccn2CC2CCC2)C1. The third-order valence-electron chi connectivity index (χ3n) is 5.97. The summed E-state index contributed by atoms with van der Waals surface area (Å²) in [7, 11) is 0. The van der Waals surface area contributed by atoms with Gasteiger partial charge in [0, 0.05) is 37.9 Å². The number of carbonyl (C=O) groups is 1. The van der Waals surface area contributed by atoms with Crippen LogP contribution in [0.25, 0.3) is 10.2 Å². The Hall–Kier alpha value is -2.08. The molecule has 0 aromatic carbocycles. The van der Waals surface area contributed by atoms with Crippen LogP contribution in [0.1, 0.15) is 54.3 Å². The Morgan fingerprint density at radius 2 is 2.23 bits per heavy atom. The number of H-pyrrole nitrogens is 1. The lowest BCUT2D eigenvalue weighted by molar-refractivity contribution is 0.0697. The fraction of sp³-hybridized carbons (Fsp3) is 0.500. The second-order valence-electron chi connectivity index (χ2n) is 7.71. The molecule has 1 atom stereocenters. The van der Waals surface area contributed by atoms with Gasteiger partial charge in [0.05, 0.1) is 10.2 Å². The van der Waals surface area contributed by atoms with E-state index in [9.17, 15) is 4.79 Å². The van der Waals surface area contributed by atoms with Gasteiger partial charge in [0.15, 0.2) is 0 Å². The molecule has 4 heterocycles. The lowest BCUT2D eigenvalue weighted by atomic mass is 9.85. The summed E-state index contributed by atoms with van der Waals surface area (Å²) in [5.74, 6) is 2.45. The van der Waals surface area contributed by atoms with Crippen LogP contribution in [-0.2, 0) is 6.54 Å². The number of thiophene rings is 1. The number of imidazole rings is 1. The van der Waals surface area contributed by atoms with Crippen molar-refractivity contribution in [1.29, 1.82) is 0 Å². The number of aromatic amines is 1. The molecule has 1 saturated carbocycles. The number of nitrogens with one attached hydrogen (secondary N) is 1. The predicted molar refractivity (Wildman–Crippen MR) is 104 cm³/mol. The molecule has 5 rings (SSSR count). The van der Waals surface area contributed by atoms with Crippen molar-refractivity contribution in [3.63, 3.8) is 0 Å². The minimum atomic E-state index is 0.121. The standard InChI is InChI=1S/C20H24N4OS/c25-20(17-11-18-16(22-17)6-10-26-18)24-8-2-5-15(13-24)19-21-7-9-23(19)12-14-3-1-4-14/h6-7,9-11,14-15,22H,1-5,8,12-13H2/t15-/m1/s1. The second-order valence-corrected chi connectivity index (χ2v) is 8.65. The summed E-state index contributed by atoms with van der Waals surface area (Å²) >= 11 is 1.67. The largest absolute Gasteiger partial charge is 0.350 e. The highest BCUT2D eigenvalue weighted by molar-refractivity contribution is 7.17. The Bertz CT molecular complexity index is 891. The van der Waals surface area contributed by atoms with Crippen molar-refractivity contribution in [2.24, 2.45) is 5.92 Å². The number of piperidine rings is 1. The van der Waals surface area contributed by atoms with Crippen molar-refractivity contribution in [3.05, 3.63) is 41.4 Å². The van der Waals surface area contributed by atoms with Crippen molar-refractivity contribution in [3.8, 4) is 0 Å². The van der Waals surface area contributed by atoms with Crippen LogP contribution in [0, 0.1) is 5.92 Å². The van der Waals surface area contributed by atoms with Crippen molar-refractivity contribution in [1.82, 2.24) is 19.4 Å². The van der Waals surface area contributed by atoms with E-state index in [1.807, 2.05) is 28.6 Å². The lowest BCUT2D eigenvalue weighted by Gasteiger charge is -2.33. The first-order valence-electron chi connectivity index (χ1n) is 9.64. The minimum Gasteiger partial charge on any atom is -0.350 e. The molecule has 1 N–H and O–H groups in total. The van der Waals surface area contributed by atoms with E-state index in [0.29, 0.717) is 11.6 Å². The zero-order valence-electron chi connectivity index (χ0n) is 14.9. The molecule has 3 aromatic heterocycles. The Morgan fingerprint density at radius 3 is 3.04 bits per heavy atom. The molecular weight excluding hydrogens is 344 g/mol. The summed E-state index contributed by atoms with van der Waals surface area (Å²) in [5, 5.41) is 2.05. The monoisotopic (exact) mass is 368 g/mol. The average molecular weight is 369 g/mol. The molecule has 1 amide bonds. The number of carbonyl (C=O) groups excluding carboxylic acids is 1. The van der Waals surface area contributed by atoms with Gasteiger partial charge in [0.2, 0.25) is 0 Å².